The molecule has 0 bridgehead atoms. The predicted octanol–water partition coefficient (Wildman–Crippen LogP) is 2.81. The van der Waals surface area contributed by atoms with Crippen LogP contribution in [0.5, 0.6) is 0 Å². The van der Waals surface area contributed by atoms with Crippen molar-refractivity contribution in [2.24, 2.45) is 29.6 Å². The Morgan fingerprint density at radius 3 is 2.65 bits per heavy atom. The van der Waals surface area contributed by atoms with E-state index in [4.69, 9.17) is 0 Å². The van der Waals surface area contributed by atoms with Crippen molar-refractivity contribution in [3.63, 3.8) is 0 Å². The maximum atomic E-state index is 11.8. The molecule has 2 nitrogen and oxygen atoms in total. The molecule has 0 spiro atoms. The fourth-order valence-corrected chi connectivity index (χ4v) is 3.85. The van der Waals surface area contributed by atoms with Gasteiger partial charge in [-0.05, 0) is 48.5 Å². The van der Waals surface area contributed by atoms with Crippen LogP contribution in [-0.4, -0.2) is 17.0 Å². The molecule has 0 aliphatic heterocycles. The van der Waals surface area contributed by atoms with Crippen molar-refractivity contribution in [1.29, 1.82) is 0 Å². The number of carbonyl (C=O) groups is 1. The first-order valence-electron chi connectivity index (χ1n) is 6.81. The number of aliphatic hydroxyl groups excluding tert-OH is 1. The van der Waals surface area contributed by atoms with Gasteiger partial charge in [-0.3, -0.25) is 4.79 Å². The van der Waals surface area contributed by atoms with E-state index in [2.05, 4.69) is 26.8 Å². The van der Waals surface area contributed by atoms with E-state index in [0.29, 0.717) is 41.8 Å². The molecular formula is C15H24O2. The Balaban J connectivity index is 2.34. The van der Waals surface area contributed by atoms with Crippen LogP contribution in [0.2, 0.25) is 0 Å². The summed E-state index contributed by atoms with van der Waals surface area (Å²) >= 11 is 0. The van der Waals surface area contributed by atoms with Gasteiger partial charge in [-0.2, -0.15) is 0 Å². The number of allylic oxidation sites excluding steroid dienone is 2. The molecule has 2 aliphatic rings. The topological polar surface area (TPSA) is 37.3 Å². The quantitative estimate of drug-likeness (QED) is 0.760. The van der Waals surface area contributed by atoms with E-state index in [1.54, 1.807) is 0 Å². The first-order valence-corrected chi connectivity index (χ1v) is 6.81. The molecule has 2 aliphatic carbocycles. The highest BCUT2D eigenvalue weighted by molar-refractivity contribution is 5.95. The lowest BCUT2D eigenvalue weighted by Crippen LogP contribution is -2.46. The molecule has 1 saturated carbocycles. The number of aliphatic hydroxyl groups is 1. The smallest absolute Gasteiger partial charge is 0.158 e. The highest BCUT2D eigenvalue weighted by Gasteiger charge is 2.45. The highest BCUT2D eigenvalue weighted by atomic mass is 16.3. The first kappa shape index (κ1) is 12.8. The van der Waals surface area contributed by atoms with E-state index < -0.39 is 0 Å². The average molecular weight is 236 g/mol. The number of hydrogen-bond donors (Lipinski definition) is 1. The van der Waals surface area contributed by atoms with E-state index in [9.17, 15) is 9.90 Å². The van der Waals surface area contributed by atoms with Crippen LogP contribution in [0.25, 0.3) is 0 Å². The van der Waals surface area contributed by atoms with Crippen LogP contribution in [-0.2, 0) is 4.79 Å². The zero-order valence-corrected chi connectivity index (χ0v) is 11.3. The number of hydrogen-bond acceptors (Lipinski definition) is 2. The molecule has 0 radical (unpaired) electrons. The third-order valence-corrected chi connectivity index (χ3v) is 4.80. The largest absolute Gasteiger partial charge is 0.393 e. The lowest BCUT2D eigenvalue weighted by molar-refractivity contribution is -0.120. The zero-order chi connectivity index (χ0) is 12.7. The molecule has 2 heteroatoms. The summed E-state index contributed by atoms with van der Waals surface area (Å²) in [6, 6.07) is 0. The Bertz CT molecular complexity index is 343. The Labute approximate surface area is 104 Å². The van der Waals surface area contributed by atoms with Crippen LogP contribution in [0, 0.1) is 29.6 Å². The molecule has 0 amide bonds. The molecule has 0 heterocycles. The van der Waals surface area contributed by atoms with Gasteiger partial charge in [0, 0.05) is 6.42 Å². The van der Waals surface area contributed by atoms with Gasteiger partial charge in [0.05, 0.1) is 6.10 Å². The molecule has 0 saturated heterocycles. The number of fused-ring (bicyclic) bond motifs is 1. The second kappa shape index (κ2) is 4.56. The summed E-state index contributed by atoms with van der Waals surface area (Å²) in [5, 5.41) is 10.3. The third-order valence-electron chi connectivity index (χ3n) is 4.80. The van der Waals surface area contributed by atoms with Gasteiger partial charge < -0.3 is 5.11 Å². The molecule has 0 aromatic heterocycles. The van der Waals surface area contributed by atoms with Crippen molar-refractivity contribution in [1.82, 2.24) is 0 Å². The minimum Gasteiger partial charge on any atom is -0.393 e. The lowest BCUT2D eigenvalue weighted by Gasteiger charge is -2.47. The van der Waals surface area contributed by atoms with Crippen LogP contribution >= 0.6 is 0 Å². The molecule has 2 rings (SSSR count). The fraction of sp³-hybridized carbons (Fsp3) is 0.800. The normalized spacial score (nSPS) is 42.4. The standard InChI is InChI=1S/C15H24O2/c1-8(2)15-12-5-10(4)13(16)7-11(12)9(3)6-14(15)17/h5,8-9,11-12,14-15,17H,6-7H2,1-4H3/t9-,11+,12+,14-,15-/m1/s1. The van der Waals surface area contributed by atoms with Crippen LogP contribution in [0.4, 0.5) is 0 Å². The van der Waals surface area contributed by atoms with Crippen molar-refractivity contribution in [2.75, 3.05) is 0 Å². The molecular weight excluding hydrogens is 212 g/mol. The van der Waals surface area contributed by atoms with Gasteiger partial charge in [-0.25, -0.2) is 0 Å². The van der Waals surface area contributed by atoms with E-state index in [-0.39, 0.29) is 6.10 Å². The van der Waals surface area contributed by atoms with Crippen molar-refractivity contribution < 1.29 is 9.90 Å². The van der Waals surface area contributed by atoms with E-state index in [1.807, 2.05) is 6.92 Å². The predicted molar refractivity (Wildman–Crippen MR) is 68.5 cm³/mol. The van der Waals surface area contributed by atoms with Gasteiger partial charge >= 0.3 is 0 Å². The van der Waals surface area contributed by atoms with Crippen molar-refractivity contribution in [2.45, 2.75) is 46.6 Å². The van der Waals surface area contributed by atoms with Crippen LogP contribution in [0.1, 0.15) is 40.5 Å². The molecule has 96 valence electrons. The molecule has 0 unspecified atom stereocenters. The number of Topliss-reactive ketones (excluding diaryl/α,β-unsaturated/α-hetero) is 1. The maximum Gasteiger partial charge on any atom is 0.158 e. The fourth-order valence-electron chi connectivity index (χ4n) is 3.85. The van der Waals surface area contributed by atoms with Crippen molar-refractivity contribution >= 4 is 5.78 Å². The zero-order valence-electron chi connectivity index (χ0n) is 11.3. The summed E-state index contributed by atoms with van der Waals surface area (Å²) in [5.74, 6) is 2.39. The maximum absolute atomic E-state index is 11.8. The molecule has 5 atom stereocenters. The second-order valence-corrected chi connectivity index (χ2v) is 6.32. The van der Waals surface area contributed by atoms with Gasteiger partial charge in [0.1, 0.15) is 0 Å². The second-order valence-electron chi connectivity index (χ2n) is 6.32. The Morgan fingerprint density at radius 2 is 2.06 bits per heavy atom. The molecule has 1 fully saturated rings. The summed E-state index contributed by atoms with van der Waals surface area (Å²) in [5.41, 5.74) is 0.901. The Hall–Kier alpha value is -0.630. The van der Waals surface area contributed by atoms with Crippen LogP contribution in [0.15, 0.2) is 11.6 Å². The summed E-state index contributed by atoms with van der Waals surface area (Å²) in [7, 11) is 0. The summed E-state index contributed by atoms with van der Waals surface area (Å²) in [6.45, 7) is 8.46. The number of ketones is 1. The SMILES string of the molecule is CC1=C[C@H]2[C@@H](CC1=O)[C@H](C)C[C@@H](O)[C@@H]2C(C)C. The van der Waals surface area contributed by atoms with Gasteiger partial charge in [-0.15, -0.1) is 0 Å². The average Bonchev–Trinajstić information content (AvgIpc) is 2.20. The summed E-state index contributed by atoms with van der Waals surface area (Å²) in [4.78, 5) is 11.8. The van der Waals surface area contributed by atoms with E-state index >= 15 is 0 Å². The number of rotatable bonds is 1. The highest BCUT2D eigenvalue weighted by Crippen LogP contribution is 2.47. The molecule has 17 heavy (non-hydrogen) atoms. The lowest BCUT2D eigenvalue weighted by atomic mass is 9.59. The van der Waals surface area contributed by atoms with Gasteiger partial charge in [0.25, 0.3) is 0 Å². The van der Waals surface area contributed by atoms with E-state index in [1.165, 1.54) is 0 Å². The molecule has 0 aromatic rings. The third kappa shape index (κ3) is 2.20. The van der Waals surface area contributed by atoms with E-state index in [0.717, 1.165) is 12.0 Å². The van der Waals surface area contributed by atoms with Crippen LogP contribution in [0.3, 0.4) is 0 Å². The number of carbonyl (C=O) groups excluding carboxylic acids is 1. The first-order chi connectivity index (χ1) is 7.91. The minimum atomic E-state index is -0.205. The molecule has 1 N–H and O–H groups in total. The van der Waals surface area contributed by atoms with Crippen molar-refractivity contribution in [3.05, 3.63) is 11.6 Å². The minimum absolute atomic E-state index is 0.205. The van der Waals surface area contributed by atoms with Gasteiger partial charge in [-0.1, -0.05) is 26.8 Å². The van der Waals surface area contributed by atoms with Crippen LogP contribution < -0.4 is 0 Å². The van der Waals surface area contributed by atoms with Gasteiger partial charge in [0.15, 0.2) is 5.78 Å². The van der Waals surface area contributed by atoms with Gasteiger partial charge in [0.2, 0.25) is 0 Å². The Morgan fingerprint density at radius 1 is 1.41 bits per heavy atom. The summed E-state index contributed by atoms with van der Waals surface area (Å²) < 4.78 is 0. The summed E-state index contributed by atoms with van der Waals surface area (Å²) in [6.07, 6.45) is 3.47. The monoisotopic (exact) mass is 236 g/mol. The molecule has 0 aromatic carbocycles. The van der Waals surface area contributed by atoms with Crippen molar-refractivity contribution in [3.8, 4) is 0 Å². The Kier molecular flexibility index (Phi) is 3.44.